The molecule has 6 nitrogen and oxygen atoms in total. The topological polar surface area (TPSA) is 66.7 Å². The van der Waals surface area contributed by atoms with Crippen LogP contribution in [0.5, 0.6) is 0 Å². The standard InChI is InChI=1S/C26H27N3O3/c1-20-7-11-23(12-8-20)28(26(30)22-5-3-2-4-6-22)24-15-17-27(18-16-24)19-21-9-13-25(14-10-21)29(31)32/h2-14,24H,15-19H2,1H3. The second-order valence-corrected chi connectivity index (χ2v) is 8.31. The Morgan fingerprint density at radius 1 is 0.969 bits per heavy atom. The molecule has 0 unspecified atom stereocenters. The zero-order chi connectivity index (χ0) is 22.5. The fourth-order valence-electron chi connectivity index (χ4n) is 4.24. The first kappa shape index (κ1) is 21.7. The monoisotopic (exact) mass is 429 g/mol. The minimum absolute atomic E-state index is 0.0308. The molecule has 0 aromatic heterocycles. The number of hydrogen-bond acceptors (Lipinski definition) is 4. The first-order valence-corrected chi connectivity index (χ1v) is 10.9. The number of non-ortho nitro benzene ring substituents is 1. The van der Waals surface area contributed by atoms with E-state index in [4.69, 9.17) is 0 Å². The van der Waals surface area contributed by atoms with Gasteiger partial charge in [0.25, 0.3) is 11.6 Å². The summed E-state index contributed by atoms with van der Waals surface area (Å²) in [4.78, 5) is 28.2. The van der Waals surface area contributed by atoms with Crippen molar-refractivity contribution in [1.29, 1.82) is 0 Å². The van der Waals surface area contributed by atoms with Crippen LogP contribution in [0.3, 0.4) is 0 Å². The number of benzene rings is 3. The van der Waals surface area contributed by atoms with Crippen molar-refractivity contribution in [3.8, 4) is 0 Å². The Kier molecular flexibility index (Phi) is 6.61. The van der Waals surface area contributed by atoms with Gasteiger partial charge in [-0.1, -0.05) is 48.0 Å². The highest BCUT2D eigenvalue weighted by molar-refractivity contribution is 6.06. The van der Waals surface area contributed by atoms with Crippen LogP contribution in [0.2, 0.25) is 0 Å². The van der Waals surface area contributed by atoms with Gasteiger partial charge >= 0.3 is 0 Å². The molecule has 0 saturated carbocycles. The lowest BCUT2D eigenvalue weighted by molar-refractivity contribution is -0.384. The molecule has 164 valence electrons. The molecule has 0 radical (unpaired) electrons. The minimum atomic E-state index is -0.376. The van der Waals surface area contributed by atoms with Crippen molar-refractivity contribution in [3.63, 3.8) is 0 Å². The van der Waals surface area contributed by atoms with Gasteiger partial charge in [0.2, 0.25) is 0 Å². The van der Waals surface area contributed by atoms with Gasteiger partial charge < -0.3 is 4.90 Å². The zero-order valence-electron chi connectivity index (χ0n) is 18.2. The van der Waals surface area contributed by atoms with Gasteiger partial charge in [-0.25, -0.2) is 0 Å². The van der Waals surface area contributed by atoms with Crippen LogP contribution in [-0.4, -0.2) is 34.9 Å². The number of hydrogen-bond donors (Lipinski definition) is 0. The van der Waals surface area contributed by atoms with E-state index >= 15 is 0 Å². The minimum Gasteiger partial charge on any atom is -0.305 e. The molecule has 1 aliphatic heterocycles. The van der Waals surface area contributed by atoms with Crippen LogP contribution in [0, 0.1) is 17.0 Å². The second-order valence-electron chi connectivity index (χ2n) is 8.31. The third-order valence-electron chi connectivity index (χ3n) is 6.03. The first-order valence-electron chi connectivity index (χ1n) is 10.9. The quantitative estimate of drug-likeness (QED) is 0.398. The molecular formula is C26H27N3O3. The van der Waals surface area contributed by atoms with Crippen molar-refractivity contribution in [2.24, 2.45) is 0 Å². The fourth-order valence-corrected chi connectivity index (χ4v) is 4.24. The van der Waals surface area contributed by atoms with Gasteiger partial charge in [-0.2, -0.15) is 0 Å². The van der Waals surface area contributed by atoms with Gasteiger partial charge in [0.05, 0.1) is 4.92 Å². The summed E-state index contributed by atoms with van der Waals surface area (Å²) in [6.45, 7) is 4.53. The summed E-state index contributed by atoms with van der Waals surface area (Å²) in [6.07, 6.45) is 1.75. The summed E-state index contributed by atoms with van der Waals surface area (Å²) in [5.74, 6) is 0.0308. The Labute approximate surface area is 188 Å². The maximum absolute atomic E-state index is 13.4. The van der Waals surface area contributed by atoms with Crippen molar-refractivity contribution in [2.45, 2.75) is 32.4 Å². The molecule has 32 heavy (non-hydrogen) atoms. The summed E-state index contributed by atoms with van der Waals surface area (Å²) in [5, 5.41) is 10.9. The summed E-state index contributed by atoms with van der Waals surface area (Å²) >= 11 is 0. The normalized spacial score (nSPS) is 14.8. The van der Waals surface area contributed by atoms with Crippen LogP contribution in [0.4, 0.5) is 11.4 Å². The first-order chi connectivity index (χ1) is 15.5. The van der Waals surface area contributed by atoms with E-state index in [0.29, 0.717) is 5.56 Å². The maximum atomic E-state index is 13.4. The molecule has 0 spiro atoms. The van der Waals surface area contributed by atoms with Gasteiger partial charge in [-0.15, -0.1) is 0 Å². The van der Waals surface area contributed by atoms with E-state index in [0.717, 1.165) is 43.7 Å². The average molecular weight is 430 g/mol. The number of piperidine rings is 1. The lowest BCUT2D eigenvalue weighted by Gasteiger charge is -2.38. The highest BCUT2D eigenvalue weighted by Crippen LogP contribution is 2.27. The van der Waals surface area contributed by atoms with Crippen molar-refractivity contribution in [2.75, 3.05) is 18.0 Å². The number of rotatable bonds is 6. The molecule has 1 aliphatic rings. The molecule has 0 aliphatic carbocycles. The largest absolute Gasteiger partial charge is 0.305 e. The summed E-state index contributed by atoms with van der Waals surface area (Å²) < 4.78 is 0. The van der Waals surface area contributed by atoms with Gasteiger partial charge in [0.1, 0.15) is 0 Å². The molecule has 0 bridgehead atoms. The Bertz CT molecular complexity index is 1060. The van der Waals surface area contributed by atoms with Crippen LogP contribution in [0.15, 0.2) is 78.9 Å². The van der Waals surface area contributed by atoms with Crippen molar-refractivity contribution in [3.05, 3.63) is 106 Å². The molecule has 1 saturated heterocycles. The molecule has 3 aromatic rings. The third-order valence-corrected chi connectivity index (χ3v) is 6.03. The van der Waals surface area contributed by atoms with Crippen LogP contribution < -0.4 is 4.90 Å². The number of carbonyl (C=O) groups excluding carboxylic acids is 1. The number of carbonyl (C=O) groups is 1. The molecule has 3 aromatic carbocycles. The lowest BCUT2D eigenvalue weighted by atomic mass is 10.00. The predicted molar refractivity (Wildman–Crippen MR) is 126 cm³/mol. The van der Waals surface area contributed by atoms with Gasteiger partial charge in [-0.05, 0) is 49.6 Å². The predicted octanol–water partition coefficient (Wildman–Crippen LogP) is 5.21. The van der Waals surface area contributed by atoms with Gasteiger partial charge in [0.15, 0.2) is 0 Å². The molecule has 6 heteroatoms. The van der Waals surface area contributed by atoms with E-state index in [-0.39, 0.29) is 22.6 Å². The third kappa shape index (κ3) is 5.03. The van der Waals surface area contributed by atoms with E-state index in [1.807, 2.05) is 78.6 Å². The van der Waals surface area contributed by atoms with Crippen LogP contribution in [-0.2, 0) is 6.54 Å². The van der Waals surface area contributed by atoms with Crippen LogP contribution >= 0.6 is 0 Å². The molecule has 4 rings (SSSR count). The molecular weight excluding hydrogens is 402 g/mol. The number of nitrogens with zero attached hydrogens (tertiary/aromatic N) is 3. The summed E-state index contributed by atoms with van der Waals surface area (Å²) in [7, 11) is 0. The highest BCUT2D eigenvalue weighted by Gasteiger charge is 2.30. The number of likely N-dealkylation sites (tertiary alicyclic amines) is 1. The van der Waals surface area contributed by atoms with Gasteiger partial charge in [0, 0.05) is 49.1 Å². The van der Waals surface area contributed by atoms with Crippen LogP contribution in [0.25, 0.3) is 0 Å². The average Bonchev–Trinajstić information content (AvgIpc) is 2.82. The molecule has 0 atom stereocenters. The van der Waals surface area contributed by atoms with E-state index < -0.39 is 0 Å². The molecule has 1 fully saturated rings. The SMILES string of the molecule is Cc1ccc(N(C(=O)c2ccccc2)C2CCN(Cc3ccc([N+](=O)[O-])cc3)CC2)cc1. The molecule has 1 heterocycles. The number of anilines is 1. The Morgan fingerprint density at radius 3 is 2.19 bits per heavy atom. The lowest BCUT2D eigenvalue weighted by Crippen LogP contribution is -2.47. The highest BCUT2D eigenvalue weighted by atomic mass is 16.6. The van der Waals surface area contributed by atoms with E-state index in [2.05, 4.69) is 4.90 Å². The number of nitro groups is 1. The number of nitro benzene ring substituents is 1. The Morgan fingerprint density at radius 2 is 1.59 bits per heavy atom. The molecule has 1 amide bonds. The maximum Gasteiger partial charge on any atom is 0.269 e. The molecule has 0 N–H and O–H groups in total. The summed E-state index contributed by atoms with van der Waals surface area (Å²) in [5.41, 5.74) is 3.96. The Balaban J connectivity index is 1.47. The van der Waals surface area contributed by atoms with E-state index in [1.165, 1.54) is 5.56 Å². The zero-order valence-corrected chi connectivity index (χ0v) is 18.2. The van der Waals surface area contributed by atoms with Crippen LogP contribution in [0.1, 0.15) is 34.3 Å². The van der Waals surface area contributed by atoms with Crippen molar-refractivity contribution < 1.29 is 9.72 Å². The smallest absolute Gasteiger partial charge is 0.269 e. The van der Waals surface area contributed by atoms with E-state index in [1.54, 1.807) is 12.1 Å². The number of aryl methyl sites for hydroxylation is 1. The van der Waals surface area contributed by atoms with Gasteiger partial charge in [-0.3, -0.25) is 19.8 Å². The fraction of sp³-hybridized carbons (Fsp3) is 0.269. The number of amides is 1. The summed E-state index contributed by atoms with van der Waals surface area (Å²) in [6, 6.07) is 24.5. The van der Waals surface area contributed by atoms with Crippen molar-refractivity contribution in [1.82, 2.24) is 4.90 Å². The second kappa shape index (κ2) is 9.75. The Hall–Kier alpha value is -3.51. The van der Waals surface area contributed by atoms with E-state index in [9.17, 15) is 14.9 Å². The van der Waals surface area contributed by atoms with Crippen molar-refractivity contribution >= 4 is 17.3 Å².